The maximum Gasteiger partial charge on any atom is 1.00 e. The monoisotopic (exact) mass is 545 g/mol. The van der Waals surface area contributed by atoms with E-state index in [2.05, 4.69) is 39.3 Å². The van der Waals surface area contributed by atoms with Crippen LogP contribution < -0.4 is 29.6 Å². The Bertz CT molecular complexity index is 1200. The van der Waals surface area contributed by atoms with Gasteiger partial charge in [0.2, 0.25) is 0 Å². The van der Waals surface area contributed by atoms with Crippen molar-refractivity contribution < 1.29 is 48.4 Å². The van der Waals surface area contributed by atoms with Crippen molar-refractivity contribution in [3.8, 4) is 0 Å². The van der Waals surface area contributed by atoms with Gasteiger partial charge in [0.05, 0.1) is 5.56 Å². The first-order valence-corrected chi connectivity index (χ1v) is 19.1. The van der Waals surface area contributed by atoms with Gasteiger partial charge >= 0.3 is 29.6 Å². The van der Waals surface area contributed by atoms with E-state index in [1.54, 1.807) is 35.2 Å². The Labute approximate surface area is 244 Å². The van der Waals surface area contributed by atoms with Gasteiger partial charge in [-0.2, -0.15) is 0 Å². The number of para-hydroxylation sites is 1. The molecule has 192 valence electrons. The first kappa shape index (κ1) is 31.2. The van der Waals surface area contributed by atoms with Crippen molar-refractivity contribution in [3.05, 3.63) is 76.6 Å². The molecule has 1 aliphatic heterocycles. The van der Waals surface area contributed by atoms with Crippen LogP contribution in [0.15, 0.2) is 65.3 Å². The third-order valence-electron chi connectivity index (χ3n) is 5.47. The Hall–Kier alpha value is -2.02. The summed E-state index contributed by atoms with van der Waals surface area (Å²) in [6, 6.07) is 16.2. The quantitative estimate of drug-likeness (QED) is 0.280. The Balaban J connectivity index is 0.000000416. The van der Waals surface area contributed by atoms with Crippen molar-refractivity contribution in [2.45, 2.75) is 39.3 Å². The molecule has 0 bridgehead atoms. The van der Waals surface area contributed by atoms with Crippen LogP contribution in [0.25, 0.3) is 15.6 Å². The average molecular weight is 546 g/mol. The number of rotatable bonds is 5. The van der Waals surface area contributed by atoms with Gasteiger partial charge in [0.1, 0.15) is 11.8 Å². The van der Waals surface area contributed by atoms with Gasteiger partial charge in [-0.25, -0.2) is 0 Å². The zero-order chi connectivity index (χ0) is 26.5. The fourth-order valence-corrected chi connectivity index (χ4v) is 12.3. The van der Waals surface area contributed by atoms with E-state index in [1.165, 1.54) is 11.2 Å². The molecular formula is C27H36N3NaO4Si2. The fraction of sp³-hybridized carbons (Fsp3) is 0.370. The Kier molecular flexibility index (Phi) is 11.1. The normalized spacial score (nSPS) is 13.9. The maximum atomic E-state index is 12.6. The summed E-state index contributed by atoms with van der Waals surface area (Å²) in [6.07, 6.45) is 1.33. The van der Waals surface area contributed by atoms with E-state index in [1.807, 2.05) is 24.3 Å². The zero-order valence-corrected chi connectivity index (χ0v) is 27.1. The molecule has 3 aromatic rings. The number of hydrogen-bond donors (Lipinski definition) is 0. The van der Waals surface area contributed by atoms with Gasteiger partial charge in [0.15, 0.2) is 0 Å². The molecule has 0 N–H and O–H groups in total. The molecule has 0 aliphatic carbocycles. The van der Waals surface area contributed by atoms with Gasteiger partial charge in [-0.05, 0) is 18.2 Å². The standard InChI is InChI=1S/C21H18N2O4.C6H18NSi2.Na/c24-19(17-14-27-18-9-5-4-8-16(17)18)21(26)23-12-10-22(11-13-23)20(25)15-6-2-1-3-7-15;1-8(2,3)7-9(4,5)6;/h1-9,14H,10-13H2;1-6H3;/q;-1;+1. The molecule has 1 fully saturated rings. The van der Waals surface area contributed by atoms with Crippen LogP contribution in [0, 0.1) is 0 Å². The summed E-state index contributed by atoms with van der Waals surface area (Å²) in [4.78, 5) is 40.9. The van der Waals surface area contributed by atoms with Crippen molar-refractivity contribution in [2.24, 2.45) is 0 Å². The molecular weight excluding hydrogens is 509 g/mol. The van der Waals surface area contributed by atoms with E-state index in [-0.39, 0.29) is 41.0 Å². The van der Waals surface area contributed by atoms with Crippen LogP contribution in [0.2, 0.25) is 39.3 Å². The summed E-state index contributed by atoms with van der Waals surface area (Å²) < 4.78 is 10.2. The molecule has 4 rings (SSSR count). The van der Waals surface area contributed by atoms with Gasteiger partial charge in [0, 0.05) is 37.1 Å². The molecule has 0 saturated carbocycles. The van der Waals surface area contributed by atoms with E-state index in [4.69, 9.17) is 9.07 Å². The van der Waals surface area contributed by atoms with Crippen LogP contribution >= 0.6 is 0 Å². The fourth-order valence-electron chi connectivity index (χ4n) is 4.29. The number of furan rings is 1. The number of benzene rings is 2. The van der Waals surface area contributed by atoms with Crippen LogP contribution in [0.3, 0.4) is 0 Å². The zero-order valence-electron chi connectivity index (χ0n) is 23.1. The van der Waals surface area contributed by atoms with Crippen molar-refractivity contribution in [2.75, 3.05) is 26.2 Å². The first-order chi connectivity index (χ1) is 16.9. The first-order valence-electron chi connectivity index (χ1n) is 12.2. The third kappa shape index (κ3) is 9.05. The summed E-state index contributed by atoms with van der Waals surface area (Å²) in [7, 11) is -2.21. The van der Waals surface area contributed by atoms with E-state index in [0.717, 1.165) is 0 Å². The van der Waals surface area contributed by atoms with Gasteiger partial charge in [0.25, 0.3) is 17.6 Å². The number of Topliss-reactive ketones (excluding diaryl/α,β-unsaturated/α-hetero) is 1. The number of amides is 2. The van der Waals surface area contributed by atoms with E-state index in [0.29, 0.717) is 42.7 Å². The second-order valence-electron chi connectivity index (χ2n) is 10.9. The SMILES string of the molecule is C[Si](C)(C)[N-][Si](C)(C)C.O=C(C(=O)N1CCN(C(=O)c2ccccc2)CC1)c1coc2ccccc12.[Na+]. The van der Waals surface area contributed by atoms with Crippen molar-refractivity contribution in [3.63, 3.8) is 0 Å². The number of carbonyl (C=O) groups excluding carboxylic acids is 3. The number of ketones is 1. The largest absolute Gasteiger partial charge is 1.00 e. The maximum absolute atomic E-state index is 12.6. The molecule has 0 atom stereocenters. The summed E-state index contributed by atoms with van der Waals surface area (Å²) in [6.45, 7) is 15.2. The smallest absolute Gasteiger partial charge is 0.668 e. The molecule has 10 heteroatoms. The summed E-state index contributed by atoms with van der Waals surface area (Å²) >= 11 is 0. The third-order valence-corrected chi connectivity index (χ3v) is 10.8. The Morgan fingerprint density at radius 3 is 1.81 bits per heavy atom. The minimum atomic E-state index is -1.11. The van der Waals surface area contributed by atoms with Crippen molar-refractivity contribution in [1.82, 2.24) is 9.80 Å². The van der Waals surface area contributed by atoms with Crippen LogP contribution in [-0.2, 0) is 4.79 Å². The molecule has 2 amide bonds. The number of carbonyl (C=O) groups is 3. The van der Waals surface area contributed by atoms with E-state index in [9.17, 15) is 14.4 Å². The second-order valence-corrected chi connectivity index (χ2v) is 20.5. The van der Waals surface area contributed by atoms with Crippen molar-refractivity contribution >= 4 is 45.0 Å². The van der Waals surface area contributed by atoms with Crippen LogP contribution in [0.4, 0.5) is 0 Å². The predicted octanol–water partition coefficient (Wildman–Crippen LogP) is 2.63. The second kappa shape index (κ2) is 13.2. The van der Waals surface area contributed by atoms with Crippen LogP contribution in [-0.4, -0.2) is 70.0 Å². The molecule has 0 spiro atoms. The Morgan fingerprint density at radius 2 is 1.27 bits per heavy atom. The van der Waals surface area contributed by atoms with Crippen LogP contribution in [0.1, 0.15) is 20.7 Å². The van der Waals surface area contributed by atoms with E-state index >= 15 is 0 Å². The number of fused-ring (bicyclic) bond motifs is 1. The van der Waals surface area contributed by atoms with Crippen LogP contribution in [0.5, 0.6) is 0 Å². The summed E-state index contributed by atoms with van der Waals surface area (Å²) in [5, 5.41) is 0.633. The minimum Gasteiger partial charge on any atom is -0.668 e. The van der Waals surface area contributed by atoms with Gasteiger partial charge in [-0.15, -0.1) is 0 Å². The molecule has 37 heavy (non-hydrogen) atoms. The van der Waals surface area contributed by atoms with Gasteiger partial charge < -0.3 is 18.9 Å². The average Bonchev–Trinajstić information content (AvgIpc) is 3.26. The number of nitrogens with zero attached hydrogens (tertiary/aromatic N) is 3. The minimum absolute atomic E-state index is 0. The molecule has 1 saturated heterocycles. The summed E-state index contributed by atoms with van der Waals surface area (Å²) in [5.41, 5.74) is 1.48. The number of hydrogen-bond acceptors (Lipinski definition) is 4. The van der Waals surface area contributed by atoms with Crippen molar-refractivity contribution in [1.29, 1.82) is 0 Å². The molecule has 1 aromatic heterocycles. The van der Waals surface area contributed by atoms with Gasteiger partial charge in [-0.3, -0.25) is 14.4 Å². The molecule has 1 aliphatic rings. The Morgan fingerprint density at radius 1 is 0.757 bits per heavy atom. The van der Waals surface area contributed by atoms with E-state index < -0.39 is 28.2 Å². The topological polar surface area (TPSA) is 84.9 Å². The predicted molar refractivity (Wildman–Crippen MR) is 150 cm³/mol. The summed E-state index contributed by atoms with van der Waals surface area (Å²) in [5.74, 6) is -1.20. The molecule has 0 unspecified atom stereocenters. The molecule has 2 aromatic carbocycles. The molecule has 2 heterocycles. The number of piperazine rings is 1. The van der Waals surface area contributed by atoms with Gasteiger partial charge in [-0.1, -0.05) is 92.2 Å². The molecule has 7 nitrogen and oxygen atoms in total. The molecule has 0 radical (unpaired) electrons.